The maximum Gasteiger partial charge on any atom is 0.277 e. The molecule has 0 aliphatic carbocycles. The van der Waals surface area contributed by atoms with E-state index in [1.54, 1.807) is 31.4 Å². The Morgan fingerprint density at radius 3 is 2.68 bits per heavy atom. The molecule has 0 aliphatic heterocycles. The molecule has 25 heavy (non-hydrogen) atoms. The quantitative estimate of drug-likeness (QED) is 0.677. The zero-order valence-corrected chi connectivity index (χ0v) is 15.0. The van der Waals surface area contributed by atoms with Crippen molar-refractivity contribution in [2.24, 2.45) is 0 Å². The average Bonchev–Trinajstić information content (AvgIpc) is 3.08. The molecule has 3 aromatic rings. The second kappa shape index (κ2) is 7.17. The Labute approximate surface area is 154 Å². The van der Waals surface area contributed by atoms with Gasteiger partial charge in [0.25, 0.3) is 5.91 Å². The number of amides is 1. The van der Waals surface area contributed by atoms with Gasteiger partial charge in [0.15, 0.2) is 5.69 Å². The van der Waals surface area contributed by atoms with Gasteiger partial charge < -0.3 is 14.5 Å². The largest absolute Gasteiger partial charge is 0.495 e. The van der Waals surface area contributed by atoms with E-state index in [2.05, 4.69) is 10.3 Å². The monoisotopic (exact) mass is 376 g/mol. The molecule has 0 saturated carbocycles. The summed E-state index contributed by atoms with van der Waals surface area (Å²) in [6.45, 7) is 1.92. The van der Waals surface area contributed by atoms with Crippen LogP contribution in [0.2, 0.25) is 10.0 Å². The summed E-state index contributed by atoms with van der Waals surface area (Å²) >= 11 is 11.9. The van der Waals surface area contributed by atoms with Gasteiger partial charge in [-0.1, -0.05) is 29.3 Å². The van der Waals surface area contributed by atoms with Crippen molar-refractivity contribution in [3.63, 3.8) is 0 Å². The van der Waals surface area contributed by atoms with Crippen LogP contribution in [0, 0.1) is 6.92 Å². The Morgan fingerprint density at radius 2 is 1.96 bits per heavy atom. The molecule has 0 atom stereocenters. The number of carbonyl (C=O) groups excluding carboxylic acids is 1. The lowest BCUT2D eigenvalue weighted by molar-refractivity contribution is 0.102. The predicted molar refractivity (Wildman–Crippen MR) is 97.6 cm³/mol. The molecule has 0 spiro atoms. The standard InChI is InChI=1S/C18H14Cl2N2O3/c1-10-3-6-16(24-2)14(7-10)21-17(23)15-9-25-18(22-15)11-4-5-12(19)13(20)8-11/h3-9H,1-2H3,(H,21,23). The van der Waals surface area contributed by atoms with Gasteiger partial charge in [0.2, 0.25) is 5.89 Å². The molecule has 5 nitrogen and oxygen atoms in total. The van der Waals surface area contributed by atoms with Crippen LogP contribution in [-0.2, 0) is 0 Å². The molecule has 0 saturated heterocycles. The van der Waals surface area contributed by atoms with Crippen LogP contribution in [0.4, 0.5) is 5.69 Å². The van der Waals surface area contributed by atoms with Crippen LogP contribution in [0.1, 0.15) is 16.1 Å². The molecule has 1 amide bonds. The number of carbonyl (C=O) groups is 1. The van der Waals surface area contributed by atoms with Gasteiger partial charge in [-0.25, -0.2) is 4.98 Å². The van der Waals surface area contributed by atoms with E-state index in [0.29, 0.717) is 27.0 Å². The molecule has 0 radical (unpaired) electrons. The molecule has 1 N–H and O–H groups in total. The van der Waals surface area contributed by atoms with Crippen molar-refractivity contribution in [1.29, 1.82) is 0 Å². The number of methoxy groups -OCH3 is 1. The minimum Gasteiger partial charge on any atom is -0.495 e. The zero-order chi connectivity index (χ0) is 18.0. The summed E-state index contributed by atoms with van der Waals surface area (Å²) in [5.74, 6) is 0.436. The van der Waals surface area contributed by atoms with Crippen LogP contribution in [0.3, 0.4) is 0 Å². The Kier molecular flexibility index (Phi) is 4.97. The van der Waals surface area contributed by atoms with Crippen LogP contribution in [0.15, 0.2) is 47.1 Å². The van der Waals surface area contributed by atoms with Crippen molar-refractivity contribution in [3.8, 4) is 17.2 Å². The van der Waals surface area contributed by atoms with Crippen molar-refractivity contribution in [2.75, 3.05) is 12.4 Å². The lowest BCUT2D eigenvalue weighted by Crippen LogP contribution is -2.13. The number of halogens is 2. The van der Waals surface area contributed by atoms with Gasteiger partial charge in [0.05, 0.1) is 22.8 Å². The van der Waals surface area contributed by atoms with Crippen molar-refractivity contribution < 1.29 is 13.9 Å². The number of aromatic nitrogens is 1. The number of rotatable bonds is 4. The summed E-state index contributed by atoms with van der Waals surface area (Å²) in [7, 11) is 1.54. The van der Waals surface area contributed by atoms with Crippen LogP contribution < -0.4 is 10.1 Å². The lowest BCUT2D eigenvalue weighted by atomic mass is 10.2. The van der Waals surface area contributed by atoms with E-state index in [4.69, 9.17) is 32.4 Å². The SMILES string of the molecule is COc1ccc(C)cc1NC(=O)c1coc(-c2ccc(Cl)c(Cl)c2)n1. The summed E-state index contributed by atoms with van der Waals surface area (Å²) in [6, 6.07) is 10.5. The molecule has 1 heterocycles. The fraction of sp³-hybridized carbons (Fsp3) is 0.111. The van der Waals surface area contributed by atoms with Gasteiger partial charge in [-0.2, -0.15) is 0 Å². The predicted octanol–water partition coefficient (Wildman–Crippen LogP) is 5.22. The van der Waals surface area contributed by atoms with Crippen LogP contribution in [0.25, 0.3) is 11.5 Å². The van der Waals surface area contributed by atoms with Crippen molar-refractivity contribution in [2.45, 2.75) is 6.92 Å². The molecule has 0 aliphatic rings. The molecule has 7 heteroatoms. The zero-order valence-electron chi connectivity index (χ0n) is 13.5. The summed E-state index contributed by atoms with van der Waals surface area (Å²) in [5, 5.41) is 3.58. The van der Waals surface area contributed by atoms with E-state index in [1.165, 1.54) is 6.26 Å². The maximum atomic E-state index is 12.4. The number of oxazole rings is 1. The number of nitrogens with zero attached hydrogens (tertiary/aromatic N) is 1. The third kappa shape index (κ3) is 3.78. The average molecular weight is 377 g/mol. The smallest absolute Gasteiger partial charge is 0.277 e. The van der Waals surface area contributed by atoms with E-state index in [1.807, 2.05) is 19.1 Å². The van der Waals surface area contributed by atoms with Crippen LogP contribution >= 0.6 is 23.2 Å². The summed E-state index contributed by atoms with van der Waals surface area (Å²) in [5.41, 5.74) is 2.32. The van der Waals surface area contributed by atoms with Crippen molar-refractivity contribution in [3.05, 3.63) is 64.0 Å². The number of ether oxygens (including phenoxy) is 1. The van der Waals surface area contributed by atoms with Crippen molar-refractivity contribution in [1.82, 2.24) is 4.98 Å². The number of hydrogen-bond acceptors (Lipinski definition) is 4. The van der Waals surface area contributed by atoms with Gasteiger partial charge in [-0.05, 0) is 42.8 Å². The highest BCUT2D eigenvalue weighted by Crippen LogP contribution is 2.29. The van der Waals surface area contributed by atoms with E-state index in [-0.39, 0.29) is 11.6 Å². The Hall–Kier alpha value is -2.50. The van der Waals surface area contributed by atoms with E-state index >= 15 is 0 Å². The molecule has 0 unspecified atom stereocenters. The molecule has 128 valence electrons. The minimum atomic E-state index is -0.404. The highest BCUT2D eigenvalue weighted by Gasteiger charge is 2.16. The Balaban J connectivity index is 1.83. The summed E-state index contributed by atoms with van der Waals surface area (Å²) < 4.78 is 10.6. The van der Waals surface area contributed by atoms with Crippen LogP contribution in [0.5, 0.6) is 5.75 Å². The number of hydrogen-bond donors (Lipinski definition) is 1. The molecule has 0 fully saturated rings. The highest BCUT2D eigenvalue weighted by atomic mass is 35.5. The Bertz CT molecular complexity index is 938. The van der Waals surface area contributed by atoms with Gasteiger partial charge >= 0.3 is 0 Å². The van der Waals surface area contributed by atoms with E-state index < -0.39 is 5.91 Å². The minimum absolute atomic E-state index is 0.143. The molecule has 2 aromatic carbocycles. The highest BCUT2D eigenvalue weighted by molar-refractivity contribution is 6.42. The van der Waals surface area contributed by atoms with Gasteiger partial charge in [0, 0.05) is 5.56 Å². The summed E-state index contributed by atoms with van der Waals surface area (Å²) in [4.78, 5) is 16.6. The fourth-order valence-electron chi connectivity index (χ4n) is 2.25. The van der Waals surface area contributed by atoms with Gasteiger partial charge in [-0.15, -0.1) is 0 Å². The number of nitrogens with one attached hydrogen (secondary N) is 1. The van der Waals surface area contributed by atoms with Crippen molar-refractivity contribution >= 4 is 34.8 Å². The summed E-state index contributed by atoms with van der Waals surface area (Å²) in [6.07, 6.45) is 1.29. The molecular weight excluding hydrogens is 363 g/mol. The first-order valence-corrected chi connectivity index (χ1v) is 8.10. The van der Waals surface area contributed by atoms with Crippen LogP contribution in [-0.4, -0.2) is 18.0 Å². The maximum absolute atomic E-state index is 12.4. The Morgan fingerprint density at radius 1 is 1.16 bits per heavy atom. The third-order valence-electron chi connectivity index (χ3n) is 3.51. The number of benzene rings is 2. The topological polar surface area (TPSA) is 64.4 Å². The molecular formula is C18H14Cl2N2O3. The normalized spacial score (nSPS) is 10.6. The lowest BCUT2D eigenvalue weighted by Gasteiger charge is -2.09. The fourth-order valence-corrected chi connectivity index (χ4v) is 2.54. The number of anilines is 1. The second-order valence-corrected chi connectivity index (χ2v) is 6.14. The first-order valence-electron chi connectivity index (χ1n) is 7.35. The van der Waals surface area contributed by atoms with E-state index in [9.17, 15) is 4.79 Å². The third-order valence-corrected chi connectivity index (χ3v) is 4.25. The second-order valence-electron chi connectivity index (χ2n) is 5.32. The molecule has 0 bridgehead atoms. The first-order chi connectivity index (χ1) is 12.0. The van der Waals surface area contributed by atoms with Gasteiger partial charge in [0.1, 0.15) is 12.0 Å². The van der Waals surface area contributed by atoms with Gasteiger partial charge in [-0.3, -0.25) is 4.79 Å². The molecule has 3 rings (SSSR count). The molecule has 1 aromatic heterocycles. The number of aryl methyl sites for hydroxylation is 1. The first kappa shape index (κ1) is 17.3. The van der Waals surface area contributed by atoms with E-state index in [0.717, 1.165) is 5.56 Å².